The molecule has 0 aromatic carbocycles. The van der Waals surface area contributed by atoms with Crippen molar-refractivity contribution >= 4 is 5.91 Å². The molecule has 2 heteroatoms. The zero-order valence-corrected chi connectivity index (χ0v) is 8.52. The van der Waals surface area contributed by atoms with E-state index in [9.17, 15) is 4.79 Å². The van der Waals surface area contributed by atoms with Crippen LogP contribution in [0.4, 0.5) is 0 Å². The Kier molecular flexibility index (Phi) is 6.82. The molecule has 1 amide bonds. The number of carbonyl (C=O) groups is 1. The lowest BCUT2D eigenvalue weighted by Crippen LogP contribution is -2.28. The molecule has 1 saturated carbocycles. The van der Waals surface area contributed by atoms with Crippen LogP contribution in [-0.2, 0) is 4.79 Å². The monoisotopic (exact) mass is 171 g/mol. The van der Waals surface area contributed by atoms with Crippen LogP contribution in [0.25, 0.3) is 0 Å². The first-order valence-electron chi connectivity index (χ1n) is 5.06. The lowest BCUT2D eigenvalue weighted by molar-refractivity contribution is -0.125. The Bertz CT molecular complexity index is 117. The standard InChI is InChI=1S/C8H15NO.C2H6/c1-9-8(10)7-5-3-2-4-6-7;1-2/h7H,2-6H2,1H3,(H,9,10);1-2H3. The Morgan fingerprint density at radius 2 is 1.67 bits per heavy atom. The fourth-order valence-corrected chi connectivity index (χ4v) is 1.57. The molecule has 0 aliphatic heterocycles. The predicted octanol–water partition coefficient (Wildman–Crippen LogP) is 2.34. The fraction of sp³-hybridized carbons (Fsp3) is 0.900. The molecule has 0 unspecified atom stereocenters. The molecule has 0 bridgehead atoms. The number of amides is 1. The van der Waals surface area contributed by atoms with E-state index in [4.69, 9.17) is 0 Å². The van der Waals surface area contributed by atoms with Gasteiger partial charge >= 0.3 is 0 Å². The number of nitrogens with one attached hydrogen (secondary N) is 1. The quantitative estimate of drug-likeness (QED) is 0.644. The van der Waals surface area contributed by atoms with Gasteiger partial charge in [-0.2, -0.15) is 0 Å². The Labute approximate surface area is 75.7 Å². The third-order valence-corrected chi connectivity index (χ3v) is 2.22. The van der Waals surface area contributed by atoms with E-state index in [0.29, 0.717) is 5.92 Å². The molecule has 2 nitrogen and oxygen atoms in total. The molecule has 0 aromatic heterocycles. The number of carbonyl (C=O) groups excluding carboxylic acids is 1. The van der Waals surface area contributed by atoms with Crippen LogP contribution in [0.3, 0.4) is 0 Å². The molecule has 0 saturated heterocycles. The third-order valence-electron chi connectivity index (χ3n) is 2.22. The highest BCUT2D eigenvalue weighted by atomic mass is 16.1. The molecule has 72 valence electrons. The van der Waals surface area contributed by atoms with E-state index >= 15 is 0 Å². The topological polar surface area (TPSA) is 29.1 Å². The average Bonchev–Trinajstić information content (AvgIpc) is 2.21. The van der Waals surface area contributed by atoms with Gasteiger partial charge in [-0.15, -0.1) is 0 Å². The normalized spacial score (nSPS) is 17.6. The first-order chi connectivity index (χ1) is 5.84. The van der Waals surface area contributed by atoms with Crippen LogP contribution in [0.2, 0.25) is 0 Å². The summed E-state index contributed by atoms with van der Waals surface area (Å²) in [6.45, 7) is 4.00. The van der Waals surface area contributed by atoms with Gasteiger partial charge in [0.25, 0.3) is 0 Å². The summed E-state index contributed by atoms with van der Waals surface area (Å²) in [5.41, 5.74) is 0. The molecule has 1 fully saturated rings. The van der Waals surface area contributed by atoms with Crippen LogP contribution in [0, 0.1) is 5.92 Å². The van der Waals surface area contributed by atoms with E-state index in [-0.39, 0.29) is 5.91 Å². The van der Waals surface area contributed by atoms with E-state index in [0.717, 1.165) is 12.8 Å². The number of hydrogen-bond donors (Lipinski definition) is 1. The van der Waals surface area contributed by atoms with Gasteiger partial charge in [0.1, 0.15) is 0 Å². The first kappa shape index (κ1) is 11.5. The predicted molar refractivity (Wildman–Crippen MR) is 52.0 cm³/mol. The summed E-state index contributed by atoms with van der Waals surface area (Å²) in [7, 11) is 1.72. The van der Waals surface area contributed by atoms with Crippen molar-refractivity contribution in [2.24, 2.45) is 5.92 Å². The summed E-state index contributed by atoms with van der Waals surface area (Å²) in [6.07, 6.45) is 5.98. The maximum Gasteiger partial charge on any atom is 0.222 e. The van der Waals surface area contributed by atoms with Crippen LogP contribution in [0.1, 0.15) is 46.0 Å². The number of rotatable bonds is 1. The van der Waals surface area contributed by atoms with Crippen LogP contribution < -0.4 is 5.32 Å². The molecule has 0 radical (unpaired) electrons. The van der Waals surface area contributed by atoms with Crippen molar-refractivity contribution in [3.63, 3.8) is 0 Å². The van der Waals surface area contributed by atoms with Gasteiger partial charge in [0.2, 0.25) is 5.91 Å². The van der Waals surface area contributed by atoms with E-state index in [1.54, 1.807) is 7.05 Å². The van der Waals surface area contributed by atoms with Crippen molar-refractivity contribution in [3.8, 4) is 0 Å². The lowest BCUT2D eigenvalue weighted by atomic mass is 9.89. The largest absolute Gasteiger partial charge is 0.359 e. The summed E-state index contributed by atoms with van der Waals surface area (Å²) < 4.78 is 0. The fourth-order valence-electron chi connectivity index (χ4n) is 1.57. The Balaban J connectivity index is 0.000000561. The minimum atomic E-state index is 0.236. The highest BCUT2D eigenvalue weighted by molar-refractivity contribution is 5.78. The van der Waals surface area contributed by atoms with Crippen molar-refractivity contribution in [2.75, 3.05) is 7.05 Å². The molecule has 12 heavy (non-hydrogen) atoms. The Morgan fingerprint density at radius 1 is 1.17 bits per heavy atom. The zero-order valence-electron chi connectivity index (χ0n) is 8.52. The van der Waals surface area contributed by atoms with Crippen LogP contribution in [-0.4, -0.2) is 13.0 Å². The maximum atomic E-state index is 11.1. The first-order valence-corrected chi connectivity index (χ1v) is 5.06. The Morgan fingerprint density at radius 3 is 2.08 bits per heavy atom. The van der Waals surface area contributed by atoms with E-state index in [1.165, 1.54) is 19.3 Å². The highest BCUT2D eigenvalue weighted by Crippen LogP contribution is 2.23. The van der Waals surface area contributed by atoms with E-state index in [2.05, 4.69) is 5.32 Å². The Hall–Kier alpha value is -0.530. The second-order valence-corrected chi connectivity index (χ2v) is 2.95. The second kappa shape index (κ2) is 7.14. The molecule has 0 aromatic rings. The molecule has 0 atom stereocenters. The number of hydrogen-bond acceptors (Lipinski definition) is 1. The van der Waals surface area contributed by atoms with Gasteiger partial charge in [-0.3, -0.25) is 4.79 Å². The van der Waals surface area contributed by atoms with Gasteiger partial charge in [0.05, 0.1) is 0 Å². The van der Waals surface area contributed by atoms with Gasteiger partial charge < -0.3 is 5.32 Å². The third kappa shape index (κ3) is 3.74. The van der Waals surface area contributed by atoms with Gasteiger partial charge in [-0.1, -0.05) is 33.1 Å². The minimum absolute atomic E-state index is 0.236. The highest BCUT2D eigenvalue weighted by Gasteiger charge is 2.19. The molecule has 1 rings (SSSR count). The van der Waals surface area contributed by atoms with Gasteiger partial charge in [-0.25, -0.2) is 0 Å². The van der Waals surface area contributed by atoms with Crippen molar-refractivity contribution in [1.29, 1.82) is 0 Å². The molecular formula is C10H21NO. The molecule has 0 spiro atoms. The summed E-state index contributed by atoms with van der Waals surface area (Å²) >= 11 is 0. The van der Waals surface area contributed by atoms with Crippen molar-refractivity contribution in [3.05, 3.63) is 0 Å². The van der Waals surface area contributed by atoms with E-state index < -0.39 is 0 Å². The van der Waals surface area contributed by atoms with Crippen LogP contribution in [0.5, 0.6) is 0 Å². The SMILES string of the molecule is CC.CNC(=O)C1CCCCC1. The summed E-state index contributed by atoms with van der Waals surface area (Å²) in [6, 6.07) is 0. The van der Waals surface area contributed by atoms with Crippen LogP contribution in [0.15, 0.2) is 0 Å². The lowest BCUT2D eigenvalue weighted by Gasteiger charge is -2.19. The van der Waals surface area contributed by atoms with Crippen LogP contribution >= 0.6 is 0 Å². The molecule has 1 aliphatic carbocycles. The summed E-state index contributed by atoms with van der Waals surface area (Å²) in [5, 5.41) is 2.70. The minimum Gasteiger partial charge on any atom is -0.359 e. The van der Waals surface area contributed by atoms with Gasteiger partial charge in [0.15, 0.2) is 0 Å². The summed E-state index contributed by atoms with van der Waals surface area (Å²) in [5.74, 6) is 0.554. The van der Waals surface area contributed by atoms with Crippen molar-refractivity contribution in [1.82, 2.24) is 5.32 Å². The molecule has 0 heterocycles. The average molecular weight is 171 g/mol. The molecule has 1 aliphatic rings. The van der Waals surface area contributed by atoms with Crippen molar-refractivity contribution in [2.45, 2.75) is 46.0 Å². The maximum absolute atomic E-state index is 11.1. The van der Waals surface area contributed by atoms with E-state index in [1.807, 2.05) is 13.8 Å². The van der Waals surface area contributed by atoms with Gasteiger partial charge in [0, 0.05) is 13.0 Å². The second-order valence-electron chi connectivity index (χ2n) is 2.95. The molecule has 1 N–H and O–H groups in total. The van der Waals surface area contributed by atoms with Crippen molar-refractivity contribution < 1.29 is 4.79 Å². The van der Waals surface area contributed by atoms with Gasteiger partial charge in [-0.05, 0) is 12.8 Å². The zero-order chi connectivity index (χ0) is 9.40. The smallest absolute Gasteiger partial charge is 0.222 e. The molecular weight excluding hydrogens is 150 g/mol. The summed E-state index contributed by atoms with van der Waals surface area (Å²) in [4.78, 5) is 11.1.